The Bertz CT molecular complexity index is 559. The average Bonchev–Trinajstić information content (AvgIpc) is 2.38. The van der Waals surface area contributed by atoms with Crippen LogP contribution in [0.2, 0.25) is 0 Å². The van der Waals surface area contributed by atoms with Crippen molar-refractivity contribution in [1.29, 1.82) is 0 Å². The number of rotatable bonds is 5. The number of ether oxygens (including phenoxy) is 1. The lowest BCUT2D eigenvalue weighted by Gasteiger charge is -2.23. The molecule has 0 aliphatic carbocycles. The van der Waals surface area contributed by atoms with E-state index < -0.39 is 24.2 Å². The van der Waals surface area contributed by atoms with E-state index in [2.05, 4.69) is 20.7 Å². The molecule has 128 valence electrons. The predicted molar refractivity (Wildman–Crippen MR) is 82.6 cm³/mol. The van der Waals surface area contributed by atoms with Crippen LogP contribution in [0.25, 0.3) is 0 Å². The van der Waals surface area contributed by atoms with Gasteiger partial charge in [0.05, 0.1) is 5.69 Å². The first-order chi connectivity index (χ1) is 10.6. The molecule has 3 amide bonds. The first-order valence-electron chi connectivity index (χ1n) is 7.02. The summed E-state index contributed by atoms with van der Waals surface area (Å²) in [4.78, 5) is 23.8. The maximum Gasteiger partial charge on any atom is 0.387 e. The highest BCUT2D eigenvalue weighted by Crippen LogP contribution is 2.25. The van der Waals surface area contributed by atoms with E-state index >= 15 is 0 Å². The van der Waals surface area contributed by atoms with Crippen molar-refractivity contribution in [1.82, 2.24) is 10.6 Å². The third kappa shape index (κ3) is 6.94. The molecular weight excluding hydrogens is 308 g/mol. The van der Waals surface area contributed by atoms with Crippen LogP contribution >= 0.6 is 0 Å². The van der Waals surface area contributed by atoms with E-state index in [9.17, 15) is 18.4 Å². The lowest BCUT2D eigenvalue weighted by Crippen LogP contribution is -2.51. The third-order valence-electron chi connectivity index (χ3n) is 2.59. The van der Waals surface area contributed by atoms with Crippen LogP contribution in [0.3, 0.4) is 0 Å². The maximum atomic E-state index is 12.3. The SMILES string of the molecule is C[C@H](NC(=O)Nc1ccccc1OC(F)F)C(=O)NC(C)(C)C. The summed E-state index contributed by atoms with van der Waals surface area (Å²) in [5, 5.41) is 7.52. The fourth-order valence-corrected chi connectivity index (χ4v) is 1.67. The Morgan fingerprint density at radius 1 is 1.17 bits per heavy atom. The summed E-state index contributed by atoms with van der Waals surface area (Å²) < 4.78 is 28.9. The van der Waals surface area contributed by atoms with Gasteiger partial charge in [-0.2, -0.15) is 8.78 Å². The van der Waals surface area contributed by atoms with E-state index in [-0.39, 0.29) is 17.3 Å². The topological polar surface area (TPSA) is 79.5 Å². The molecule has 1 rings (SSSR count). The Balaban J connectivity index is 2.65. The molecule has 0 aliphatic heterocycles. The van der Waals surface area contributed by atoms with Gasteiger partial charge in [-0.1, -0.05) is 12.1 Å². The molecule has 23 heavy (non-hydrogen) atoms. The first kappa shape index (κ1) is 18.7. The van der Waals surface area contributed by atoms with Gasteiger partial charge in [0.1, 0.15) is 11.8 Å². The largest absolute Gasteiger partial charge is 0.433 e. The molecule has 0 saturated heterocycles. The summed E-state index contributed by atoms with van der Waals surface area (Å²) in [5.41, 5.74) is -0.352. The lowest BCUT2D eigenvalue weighted by atomic mass is 10.1. The predicted octanol–water partition coefficient (Wildman–Crippen LogP) is 2.71. The van der Waals surface area contributed by atoms with Crippen LogP contribution in [0.4, 0.5) is 19.3 Å². The molecule has 0 aliphatic rings. The van der Waals surface area contributed by atoms with Crippen molar-refractivity contribution in [2.45, 2.75) is 45.9 Å². The van der Waals surface area contributed by atoms with Gasteiger partial charge in [-0.15, -0.1) is 0 Å². The quantitative estimate of drug-likeness (QED) is 0.777. The standard InChI is InChI=1S/C15H21F2N3O3/c1-9(12(21)20-15(2,3)4)18-14(22)19-10-7-5-6-8-11(10)23-13(16)17/h5-9,13H,1-4H3,(H,20,21)(H2,18,19,22)/t9-/m0/s1. The number of halogens is 2. The molecule has 1 aromatic carbocycles. The number of carbonyl (C=O) groups excluding carboxylic acids is 2. The highest BCUT2D eigenvalue weighted by molar-refractivity contribution is 5.94. The van der Waals surface area contributed by atoms with Crippen molar-refractivity contribution < 1.29 is 23.1 Å². The molecule has 0 bridgehead atoms. The molecule has 8 heteroatoms. The third-order valence-corrected chi connectivity index (χ3v) is 2.59. The molecule has 0 radical (unpaired) electrons. The van der Waals surface area contributed by atoms with Gasteiger partial charge in [0.25, 0.3) is 0 Å². The molecule has 1 aromatic rings. The second-order valence-corrected chi connectivity index (χ2v) is 5.93. The summed E-state index contributed by atoms with van der Waals surface area (Å²) in [6, 6.07) is 4.28. The minimum atomic E-state index is -3.00. The Hall–Kier alpha value is -2.38. The normalized spacial score (nSPS) is 12.5. The second-order valence-electron chi connectivity index (χ2n) is 5.93. The molecule has 0 aromatic heterocycles. The van der Waals surface area contributed by atoms with E-state index in [0.717, 1.165) is 0 Å². The minimum Gasteiger partial charge on any atom is -0.433 e. The zero-order chi connectivity index (χ0) is 17.6. The van der Waals surface area contributed by atoms with Gasteiger partial charge in [0.2, 0.25) is 5.91 Å². The molecule has 0 saturated carbocycles. The highest BCUT2D eigenvalue weighted by atomic mass is 19.3. The maximum absolute atomic E-state index is 12.3. The summed E-state index contributed by atoms with van der Waals surface area (Å²) in [5.74, 6) is -0.519. The van der Waals surface area contributed by atoms with Crippen molar-refractivity contribution >= 4 is 17.6 Å². The Morgan fingerprint density at radius 2 is 1.78 bits per heavy atom. The van der Waals surface area contributed by atoms with E-state index in [1.807, 2.05) is 20.8 Å². The number of hydrogen-bond acceptors (Lipinski definition) is 3. The van der Waals surface area contributed by atoms with Gasteiger partial charge in [-0.25, -0.2) is 4.79 Å². The van der Waals surface area contributed by atoms with Crippen LogP contribution in [-0.2, 0) is 4.79 Å². The van der Waals surface area contributed by atoms with Crippen LogP contribution < -0.4 is 20.7 Å². The molecular formula is C15H21F2N3O3. The number of amides is 3. The van der Waals surface area contributed by atoms with Crippen LogP contribution in [0.15, 0.2) is 24.3 Å². The van der Waals surface area contributed by atoms with E-state index in [0.29, 0.717) is 0 Å². The van der Waals surface area contributed by atoms with Gasteiger partial charge < -0.3 is 20.7 Å². The average molecular weight is 329 g/mol. The van der Waals surface area contributed by atoms with Crippen molar-refractivity contribution in [3.63, 3.8) is 0 Å². The van der Waals surface area contributed by atoms with Crippen molar-refractivity contribution in [3.8, 4) is 5.75 Å². The van der Waals surface area contributed by atoms with Gasteiger partial charge in [-0.3, -0.25) is 4.79 Å². The number of nitrogens with one attached hydrogen (secondary N) is 3. The summed E-state index contributed by atoms with van der Waals surface area (Å²) in [7, 11) is 0. The molecule has 0 fully saturated rings. The first-order valence-corrected chi connectivity index (χ1v) is 7.02. The minimum absolute atomic E-state index is 0.0775. The fraction of sp³-hybridized carbons (Fsp3) is 0.467. The van der Waals surface area contributed by atoms with E-state index in [1.165, 1.54) is 25.1 Å². The highest BCUT2D eigenvalue weighted by Gasteiger charge is 2.21. The number of urea groups is 1. The molecule has 6 nitrogen and oxygen atoms in total. The van der Waals surface area contributed by atoms with Gasteiger partial charge in [0.15, 0.2) is 0 Å². The van der Waals surface area contributed by atoms with Gasteiger partial charge in [0, 0.05) is 5.54 Å². The zero-order valence-electron chi connectivity index (χ0n) is 13.4. The number of anilines is 1. The second kappa shape index (κ2) is 7.75. The Morgan fingerprint density at radius 3 is 2.35 bits per heavy atom. The smallest absolute Gasteiger partial charge is 0.387 e. The van der Waals surface area contributed by atoms with Crippen LogP contribution in [0, 0.1) is 0 Å². The summed E-state index contributed by atoms with van der Waals surface area (Å²) >= 11 is 0. The monoisotopic (exact) mass is 329 g/mol. The molecule has 0 heterocycles. The molecule has 0 spiro atoms. The van der Waals surface area contributed by atoms with E-state index in [4.69, 9.17) is 0 Å². The zero-order valence-corrected chi connectivity index (χ0v) is 13.4. The Labute approximate surface area is 133 Å². The Kier molecular flexibility index (Phi) is 6.29. The van der Waals surface area contributed by atoms with Gasteiger partial charge in [-0.05, 0) is 39.8 Å². The lowest BCUT2D eigenvalue weighted by molar-refractivity contribution is -0.123. The number of benzene rings is 1. The van der Waals surface area contributed by atoms with Crippen LogP contribution in [0.1, 0.15) is 27.7 Å². The number of para-hydroxylation sites is 2. The van der Waals surface area contributed by atoms with Crippen LogP contribution in [0.5, 0.6) is 5.75 Å². The fourth-order valence-electron chi connectivity index (χ4n) is 1.67. The van der Waals surface area contributed by atoms with Crippen molar-refractivity contribution in [2.75, 3.05) is 5.32 Å². The summed E-state index contributed by atoms with van der Waals surface area (Å²) in [6.45, 7) is 3.96. The van der Waals surface area contributed by atoms with Crippen molar-refractivity contribution in [3.05, 3.63) is 24.3 Å². The van der Waals surface area contributed by atoms with Crippen molar-refractivity contribution in [2.24, 2.45) is 0 Å². The number of hydrogen-bond donors (Lipinski definition) is 3. The molecule has 1 atom stereocenters. The number of alkyl halides is 2. The molecule has 3 N–H and O–H groups in total. The molecule has 0 unspecified atom stereocenters. The van der Waals surface area contributed by atoms with E-state index in [1.54, 1.807) is 6.07 Å². The van der Waals surface area contributed by atoms with Gasteiger partial charge >= 0.3 is 12.6 Å². The summed E-state index contributed by atoms with van der Waals surface area (Å²) in [6.07, 6.45) is 0. The number of carbonyl (C=O) groups is 2. The van der Waals surface area contributed by atoms with Crippen LogP contribution in [-0.4, -0.2) is 30.1 Å².